The Morgan fingerprint density at radius 2 is 1.92 bits per heavy atom. The third kappa shape index (κ3) is 3.43. The number of amides is 1. The first-order chi connectivity index (χ1) is 11.9. The molecular weight excluding hydrogens is 310 g/mol. The summed E-state index contributed by atoms with van der Waals surface area (Å²) in [5.41, 5.74) is 4.44. The second-order valence-electron chi connectivity index (χ2n) is 7.09. The van der Waals surface area contributed by atoms with Crippen molar-refractivity contribution >= 4 is 16.8 Å². The normalized spacial score (nSPS) is 12.6. The number of nitrogens with one attached hydrogen (secondary N) is 1. The number of pyridine rings is 1. The molecule has 4 heteroatoms. The zero-order chi connectivity index (χ0) is 18.1. The van der Waals surface area contributed by atoms with E-state index < -0.39 is 0 Å². The maximum absolute atomic E-state index is 12.9. The minimum atomic E-state index is -0.0466. The fourth-order valence-corrected chi connectivity index (χ4v) is 2.84. The molecule has 1 amide bonds. The van der Waals surface area contributed by atoms with Crippen LogP contribution in [0.25, 0.3) is 22.3 Å². The van der Waals surface area contributed by atoms with Crippen LogP contribution in [-0.4, -0.2) is 21.5 Å². The van der Waals surface area contributed by atoms with E-state index in [1.807, 2.05) is 68.1 Å². The van der Waals surface area contributed by atoms with Gasteiger partial charge in [0.05, 0.1) is 22.5 Å². The molecule has 1 aromatic carbocycles. The van der Waals surface area contributed by atoms with Gasteiger partial charge in [0.25, 0.3) is 5.91 Å². The topological polar surface area (TPSA) is 46.9 Å². The van der Waals surface area contributed by atoms with E-state index in [0.29, 0.717) is 11.5 Å². The molecule has 4 nitrogen and oxygen atoms in total. The zero-order valence-electron chi connectivity index (χ0n) is 15.5. The van der Waals surface area contributed by atoms with Crippen LogP contribution in [0.1, 0.15) is 36.7 Å². The van der Waals surface area contributed by atoms with E-state index in [9.17, 15) is 4.79 Å². The number of hydrogen-bond acceptors (Lipinski definition) is 2. The van der Waals surface area contributed by atoms with Gasteiger partial charge in [-0.05, 0) is 50.1 Å². The molecule has 1 atom stereocenters. The van der Waals surface area contributed by atoms with Gasteiger partial charge in [-0.25, -0.2) is 4.98 Å². The maximum atomic E-state index is 12.9. The lowest BCUT2D eigenvalue weighted by Crippen LogP contribution is -2.36. The summed E-state index contributed by atoms with van der Waals surface area (Å²) in [7, 11) is 1.98. The standard InChI is InChI=1S/C21H25N3O/c1-13(2)15(4)22-21(25)17-12-19(20-7-6-10-24(20)5)23-18-9-8-14(3)11-16(17)18/h6-13,15H,1-5H3,(H,22,25). The molecule has 0 radical (unpaired) electrons. The van der Waals surface area contributed by atoms with Crippen LogP contribution in [-0.2, 0) is 7.05 Å². The summed E-state index contributed by atoms with van der Waals surface area (Å²) in [6.45, 7) is 8.28. The van der Waals surface area contributed by atoms with E-state index in [-0.39, 0.29) is 11.9 Å². The average molecular weight is 335 g/mol. The van der Waals surface area contributed by atoms with Crippen molar-refractivity contribution in [2.75, 3.05) is 0 Å². The van der Waals surface area contributed by atoms with E-state index in [1.54, 1.807) is 0 Å². The monoisotopic (exact) mass is 335 g/mol. The van der Waals surface area contributed by atoms with Crippen molar-refractivity contribution < 1.29 is 4.79 Å². The SMILES string of the molecule is Cc1ccc2nc(-c3cccn3C)cc(C(=O)NC(C)C(C)C)c2c1. The number of fused-ring (bicyclic) bond motifs is 1. The molecule has 0 aliphatic rings. The summed E-state index contributed by atoms with van der Waals surface area (Å²) >= 11 is 0. The van der Waals surface area contributed by atoms with E-state index in [4.69, 9.17) is 4.98 Å². The minimum Gasteiger partial charge on any atom is -0.349 e. The molecule has 0 bridgehead atoms. The van der Waals surface area contributed by atoms with Gasteiger partial charge in [0.15, 0.2) is 0 Å². The van der Waals surface area contributed by atoms with Gasteiger partial charge in [0.1, 0.15) is 0 Å². The summed E-state index contributed by atoms with van der Waals surface area (Å²) < 4.78 is 2.01. The highest BCUT2D eigenvalue weighted by Gasteiger charge is 2.18. The second-order valence-corrected chi connectivity index (χ2v) is 7.09. The second kappa shape index (κ2) is 6.71. The Balaban J connectivity index is 2.15. The van der Waals surface area contributed by atoms with Crippen LogP contribution < -0.4 is 5.32 Å². The van der Waals surface area contributed by atoms with E-state index in [2.05, 4.69) is 19.2 Å². The molecule has 1 N–H and O–H groups in total. The van der Waals surface area contributed by atoms with Crippen molar-refractivity contribution in [3.8, 4) is 11.4 Å². The van der Waals surface area contributed by atoms with Crippen LogP contribution in [0.15, 0.2) is 42.6 Å². The van der Waals surface area contributed by atoms with Crippen molar-refractivity contribution in [2.45, 2.75) is 33.7 Å². The lowest BCUT2D eigenvalue weighted by Gasteiger charge is -2.18. The number of carbonyl (C=O) groups excluding carboxylic acids is 1. The summed E-state index contributed by atoms with van der Waals surface area (Å²) in [4.78, 5) is 17.7. The number of benzene rings is 1. The van der Waals surface area contributed by atoms with Crippen LogP contribution in [0.2, 0.25) is 0 Å². The summed E-state index contributed by atoms with van der Waals surface area (Å²) in [5, 5.41) is 4.02. The molecule has 0 aliphatic heterocycles. The molecule has 0 aliphatic carbocycles. The van der Waals surface area contributed by atoms with Crippen LogP contribution in [0.5, 0.6) is 0 Å². The van der Waals surface area contributed by atoms with Crippen LogP contribution in [0.4, 0.5) is 0 Å². The number of aromatic nitrogens is 2. The number of hydrogen-bond donors (Lipinski definition) is 1. The predicted octanol–water partition coefficient (Wildman–Crippen LogP) is 4.32. The van der Waals surface area contributed by atoms with Gasteiger partial charge in [0.2, 0.25) is 0 Å². The van der Waals surface area contributed by atoms with Gasteiger partial charge < -0.3 is 9.88 Å². The Kier molecular flexibility index (Phi) is 4.62. The Morgan fingerprint density at radius 3 is 2.56 bits per heavy atom. The molecule has 2 heterocycles. The van der Waals surface area contributed by atoms with Gasteiger partial charge in [-0.3, -0.25) is 4.79 Å². The maximum Gasteiger partial charge on any atom is 0.252 e. The molecule has 0 spiro atoms. The van der Waals surface area contributed by atoms with E-state index in [1.165, 1.54) is 0 Å². The Bertz CT molecular complexity index is 924. The van der Waals surface area contributed by atoms with Gasteiger partial charge in [-0.15, -0.1) is 0 Å². The fourth-order valence-electron chi connectivity index (χ4n) is 2.84. The van der Waals surface area contributed by atoms with Gasteiger partial charge in [0, 0.05) is 24.7 Å². The average Bonchev–Trinajstić information content (AvgIpc) is 2.99. The number of carbonyl (C=O) groups is 1. The third-order valence-electron chi connectivity index (χ3n) is 4.77. The summed E-state index contributed by atoms with van der Waals surface area (Å²) in [6.07, 6.45) is 1.98. The zero-order valence-corrected chi connectivity index (χ0v) is 15.5. The molecule has 130 valence electrons. The Hall–Kier alpha value is -2.62. The van der Waals surface area contributed by atoms with Gasteiger partial charge in [-0.1, -0.05) is 25.5 Å². The highest BCUT2D eigenvalue weighted by Crippen LogP contribution is 2.26. The Morgan fingerprint density at radius 1 is 1.16 bits per heavy atom. The summed E-state index contributed by atoms with van der Waals surface area (Å²) in [6, 6.07) is 12.1. The van der Waals surface area contributed by atoms with Crippen molar-refractivity contribution in [3.05, 3.63) is 53.7 Å². The number of aryl methyl sites for hydroxylation is 2. The molecule has 2 aromatic heterocycles. The van der Waals surface area contributed by atoms with Crippen LogP contribution in [0.3, 0.4) is 0 Å². The quantitative estimate of drug-likeness (QED) is 0.772. The molecule has 25 heavy (non-hydrogen) atoms. The predicted molar refractivity (Wildman–Crippen MR) is 103 cm³/mol. The molecule has 3 aromatic rings. The highest BCUT2D eigenvalue weighted by atomic mass is 16.1. The molecule has 0 fully saturated rings. The van der Waals surface area contributed by atoms with Crippen LogP contribution in [0, 0.1) is 12.8 Å². The summed E-state index contributed by atoms with van der Waals surface area (Å²) in [5.74, 6) is 0.334. The lowest BCUT2D eigenvalue weighted by atomic mass is 10.0. The smallest absolute Gasteiger partial charge is 0.252 e. The van der Waals surface area contributed by atoms with Crippen molar-refractivity contribution in [3.63, 3.8) is 0 Å². The number of rotatable bonds is 4. The first-order valence-corrected chi connectivity index (χ1v) is 8.71. The van der Waals surface area contributed by atoms with E-state index in [0.717, 1.165) is 27.9 Å². The van der Waals surface area contributed by atoms with Crippen molar-refractivity contribution in [1.29, 1.82) is 0 Å². The van der Waals surface area contributed by atoms with Gasteiger partial charge >= 0.3 is 0 Å². The molecule has 1 unspecified atom stereocenters. The highest BCUT2D eigenvalue weighted by molar-refractivity contribution is 6.07. The molecule has 0 saturated heterocycles. The van der Waals surface area contributed by atoms with Crippen molar-refractivity contribution in [1.82, 2.24) is 14.9 Å². The van der Waals surface area contributed by atoms with Crippen LogP contribution >= 0.6 is 0 Å². The molecule has 0 saturated carbocycles. The first-order valence-electron chi connectivity index (χ1n) is 8.71. The Labute approximate surface area is 148 Å². The van der Waals surface area contributed by atoms with E-state index >= 15 is 0 Å². The number of nitrogens with zero attached hydrogens (tertiary/aromatic N) is 2. The third-order valence-corrected chi connectivity index (χ3v) is 4.77. The largest absolute Gasteiger partial charge is 0.349 e. The van der Waals surface area contributed by atoms with Crippen molar-refractivity contribution in [2.24, 2.45) is 13.0 Å². The lowest BCUT2D eigenvalue weighted by molar-refractivity contribution is 0.0932. The van der Waals surface area contributed by atoms with Gasteiger partial charge in [-0.2, -0.15) is 0 Å². The molecular formula is C21H25N3O. The fraction of sp³-hybridized carbons (Fsp3) is 0.333. The minimum absolute atomic E-state index is 0.0466. The first kappa shape index (κ1) is 17.2. The molecule has 3 rings (SSSR count).